The molecule has 84 valence electrons. The molecule has 0 radical (unpaired) electrons. The van der Waals surface area contributed by atoms with Crippen molar-refractivity contribution in [3.63, 3.8) is 0 Å². The number of aryl methyl sites for hydroxylation is 2. The maximum absolute atomic E-state index is 11.9. The van der Waals surface area contributed by atoms with Crippen molar-refractivity contribution in [2.24, 2.45) is 0 Å². The van der Waals surface area contributed by atoms with E-state index >= 15 is 0 Å². The second kappa shape index (κ2) is 4.89. The van der Waals surface area contributed by atoms with Gasteiger partial charge in [0.25, 0.3) is 0 Å². The van der Waals surface area contributed by atoms with Crippen LogP contribution in [0, 0.1) is 6.92 Å². The number of hydrogen-bond acceptors (Lipinski definition) is 4. The first-order chi connectivity index (χ1) is 7.69. The molecule has 0 atom stereocenters. The van der Waals surface area contributed by atoms with Gasteiger partial charge in [-0.3, -0.25) is 4.79 Å². The zero-order valence-electron chi connectivity index (χ0n) is 9.32. The van der Waals surface area contributed by atoms with Gasteiger partial charge in [0.15, 0.2) is 5.78 Å². The summed E-state index contributed by atoms with van der Waals surface area (Å²) in [4.78, 5) is 18.3. The molecule has 2 heterocycles. The van der Waals surface area contributed by atoms with Crippen LogP contribution in [0.15, 0.2) is 17.5 Å². The lowest BCUT2D eigenvalue weighted by molar-refractivity contribution is 0.0996. The Morgan fingerprint density at radius 2 is 2.25 bits per heavy atom. The predicted molar refractivity (Wildman–Crippen MR) is 68.6 cm³/mol. The smallest absolute Gasteiger partial charge is 0.178 e. The van der Waals surface area contributed by atoms with E-state index < -0.39 is 0 Å². The van der Waals surface area contributed by atoms with Crippen molar-refractivity contribution in [1.29, 1.82) is 0 Å². The minimum Gasteiger partial charge on any atom is -0.293 e. The normalized spacial score (nSPS) is 10.6. The van der Waals surface area contributed by atoms with Crippen LogP contribution in [0.25, 0.3) is 0 Å². The molecule has 0 unspecified atom stereocenters. The van der Waals surface area contributed by atoms with Gasteiger partial charge < -0.3 is 0 Å². The quantitative estimate of drug-likeness (QED) is 0.778. The summed E-state index contributed by atoms with van der Waals surface area (Å²) < 4.78 is 0. The van der Waals surface area contributed by atoms with Gasteiger partial charge in [-0.1, -0.05) is 6.92 Å². The highest BCUT2D eigenvalue weighted by atomic mass is 32.1. The number of nitrogens with zero attached hydrogens (tertiary/aromatic N) is 1. The number of aromatic nitrogens is 1. The third kappa shape index (κ3) is 2.57. The van der Waals surface area contributed by atoms with Crippen LogP contribution in [0.3, 0.4) is 0 Å². The van der Waals surface area contributed by atoms with E-state index in [-0.39, 0.29) is 5.78 Å². The molecule has 0 amide bonds. The van der Waals surface area contributed by atoms with Gasteiger partial charge in [-0.05, 0) is 25.5 Å². The molecule has 0 aliphatic carbocycles. The second-order valence-corrected chi connectivity index (χ2v) is 5.81. The molecule has 0 fully saturated rings. The average Bonchev–Trinajstić information content (AvgIpc) is 2.87. The lowest BCUT2D eigenvalue weighted by Gasteiger charge is -1.93. The van der Waals surface area contributed by atoms with Gasteiger partial charge >= 0.3 is 0 Å². The van der Waals surface area contributed by atoms with Gasteiger partial charge in [-0.25, -0.2) is 4.98 Å². The molecule has 0 aromatic carbocycles. The zero-order chi connectivity index (χ0) is 11.5. The summed E-state index contributed by atoms with van der Waals surface area (Å²) in [6.07, 6.45) is 1.42. The Morgan fingerprint density at radius 3 is 2.81 bits per heavy atom. The van der Waals surface area contributed by atoms with Gasteiger partial charge in [0.05, 0.1) is 22.0 Å². The van der Waals surface area contributed by atoms with E-state index in [0.717, 1.165) is 22.0 Å². The maximum atomic E-state index is 11.9. The van der Waals surface area contributed by atoms with E-state index in [9.17, 15) is 4.79 Å². The SMILES string of the molecule is CCc1ccc(C(=O)Cc2csc(C)n2)s1. The minimum absolute atomic E-state index is 0.176. The summed E-state index contributed by atoms with van der Waals surface area (Å²) in [6.45, 7) is 4.06. The molecule has 0 saturated carbocycles. The largest absolute Gasteiger partial charge is 0.293 e. The molecule has 0 aliphatic rings. The number of rotatable bonds is 4. The highest BCUT2D eigenvalue weighted by molar-refractivity contribution is 7.14. The van der Waals surface area contributed by atoms with Crippen molar-refractivity contribution in [3.05, 3.63) is 38.0 Å². The summed E-state index contributed by atoms with van der Waals surface area (Å²) in [7, 11) is 0. The predicted octanol–water partition coefficient (Wildman–Crippen LogP) is 3.50. The fraction of sp³-hybridized carbons (Fsp3) is 0.333. The first kappa shape index (κ1) is 11.5. The van der Waals surface area contributed by atoms with Crippen LogP contribution in [0.4, 0.5) is 0 Å². The summed E-state index contributed by atoms with van der Waals surface area (Å²) >= 11 is 3.18. The molecule has 0 bridgehead atoms. The number of carbonyl (C=O) groups excluding carboxylic acids is 1. The van der Waals surface area contributed by atoms with Crippen LogP contribution in [0.5, 0.6) is 0 Å². The first-order valence-electron chi connectivity index (χ1n) is 5.22. The van der Waals surface area contributed by atoms with E-state index in [0.29, 0.717) is 6.42 Å². The number of thiazole rings is 1. The summed E-state index contributed by atoms with van der Waals surface area (Å²) in [5.74, 6) is 0.176. The summed E-state index contributed by atoms with van der Waals surface area (Å²) in [6, 6.07) is 3.95. The third-order valence-electron chi connectivity index (χ3n) is 2.29. The number of ketones is 1. The van der Waals surface area contributed by atoms with E-state index in [1.54, 1.807) is 22.7 Å². The number of thiophene rings is 1. The minimum atomic E-state index is 0.176. The Bertz CT molecular complexity index is 499. The molecule has 0 saturated heterocycles. The number of Topliss-reactive ketones (excluding diaryl/α,β-unsaturated/α-hetero) is 1. The highest BCUT2D eigenvalue weighted by Gasteiger charge is 2.11. The van der Waals surface area contributed by atoms with Gasteiger partial charge in [-0.15, -0.1) is 22.7 Å². The van der Waals surface area contributed by atoms with E-state index in [2.05, 4.69) is 11.9 Å². The van der Waals surface area contributed by atoms with Crippen molar-refractivity contribution in [1.82, 2.24) is 4.98 Å². The second-order valence-electron chi connectivity index (χ2n) is 3.58. The van der Waals surface area contributed by atoms with Crippen LogP contribution in [0.1, 0.15) is 32.2 Å². The molecule has 2 rings (SSSR count). The van der Waals surface area contributed by atoms with Crippen LogP contribution in [-0.4, -0.2) is 10.8 Å². The molecular weight excluding hydrogens is 238 g/mol. The fourth-order valence-corrected chi connectivity index (χ4v) is 2.96. The lowest BCUT2D eigenvalue weighted by atomic mass is 10.2. The zero-order valence-corrected chi connectivity index (χ0v) is 11.0. The van der Waals surface area contributed by atoms with Crippen molar-refractivity contribution in [3.8, 4) is 0 Å². The summed E-state index contributed by atoms with van der Waals surface area (Å²) in [5.41, 5.74) is 0.888. The lowest BCUT2D eigenvalue weighted by Crippen LogP contribution is -2.01. The van der Waals surface area contributed by atoms with Crippen molar-refractivity contribution in [2.45, 2.75) is 26.7 Å². The van der Waals surface area contributed by atoms with Crippen molar-refractivity contribution >= 4 is 28.5 Å². The Hall–Kier alpha value is -1.00. The van der Waals surface area contributed by atoms with Crippen molar-refractivity contribution < 1.29 is 4.79 Å². The molecule has 2 nitrogen and oxygen atoms in total. The number of hydrogen-bond donors (Lipinski definition) is 0. The third-order valence-corrected chi connectivity index (χ3v) is 4.39. The van der Waals surface area contributed by atoms with E-state index in [1.165, 1.54) is 4.88 Å². The molecule has 0 spiro atoms. The Balaban J connectivity index is 2.08. The van der Waals surface area contributed by atoms with Gasteiger partial charge in [0, 0.05) is 10.3 Å². The standard InChI is InChI=1S/C12H13NOS2/c1-3-10-4-5-12(16-10)11(14)6-9-7-15-8(2)13-9/h4-5,7H,3,6H2,1-2H3. The molecule has 16 heavy (non-hydrogen) atoms. The molecule has 0 N–H and O–H groups in total. The van der Waals surface area contributed by atoms with Gasteiger partial charge in [-0.2, -0.15) is 0 Å². The monoisotopic (exact) mass is 251 g/mol. The van der Waals surface area contributed by atoms with E-state index in [1.807, 2.05) is 24.4 Å². The highest BCUT2D eigenvalue weighted by Crippen LogP contribution is 2.19. The Morgan fingerprint density at radius 1 is 1.44 bits per heavy atom. The van der Waals surface area contributed by atoms with Crippen molar-refractivity contribution in [2.75, 3.05) is 0 Å². The van der Waals surface area contributed by atoms with Gasteiger partial charge in [0.2, 0.25) is 0 Å². The van der Waals surface area contributed by atoms with Crippen LogP contribution >= 0.6 is 22.7 Å². The summed E-state index contributed by atoms with van der Waals surface area (Å²) in [5, 5.41) is 2.98. The first-order valence-corrected chi connectivity index (χ1v) is 6.91. The topological polar surface area (TPSA) is 30.0 Å². The molecular formula is C12H13NOS2. The van der Waals surface area contributed by atoms with Crippen LogP contribution in [0.2, 0.25) is 0 Å². The maximum Gasteiger partial charge on any atom is 0.178 e. The molecule has 2 aromatic heterocycles. The Kier molecular flexibility index (Phi) is 3.51. The molecule has 0 aliphatic heterocycles. The van der Waals surface area contributed by atoms with Crippen LogP contribution in [-0.2, 0) is 12.8 Å². The average molecular weight is 251 g/mol. The fourth-order valence-electron chi connectivity index (χ4n) is 1.46. The number of carbonyl (C=O) groups is 1. The van der Waals surface area contributed by atoms with Crippen LogP contribution < -0.4 is 0 Å². The van der Waals surface area contributed by atoms with E-state index in [4.69, 9.17) is 0 Å². The molecule has 2 aromatic rings. The van der Waals surface area contributed by atoms with Gasteiger partial charge in [0.1, 0.15) is 0 Å². The molecule has 4 heteroatoms. The Labute approximate surface area is 103 Å².